The van der Waals surface area contributed by atoms with Crippen molar-refractivity contribution in [2.75, 3.05) is 5.32 Å². The third-order valence-corrected chi connectivity index (χ3v) is 4.15. The summed E-state index contributed by atoms with van der Waals surface area (Å²) >= 11 is 3.47. The minimum atomic E-state index is -0.149. The predicted octanol–water partition coefficient (Wildman–Crippen LogP) is 4.70. The lowest BCUT2D eigenvalue weighted by molar-refractivity contribution is 0.102. The molecule has 0 bridgehead atoms. The lowest BCUT2D eigenvalue weighted by atomic mass is 9.87. The molecule has 0 atom stereocenters. The van der Waals surface area contributed by atoms with E-state index < -0.39 is 0 Å². The van der Waals surface area contributed by atoms with Gasteiger partial charge in [-0.15, -0.1) is 0 Å². The fraction of sp³-hybridized carbons (Fsp3) is 0.294. The van der Waals surface area contributed by atoms with Gasteiger partial charge in [0.05, 0.1) is 5.56 Å². The highest BCUT2D eigenvalue weighted by molar-refractivity contribution is 9.10. The van der Waals surface area contributed by atoms with Crippen LogP contribution in [-0.2, 0) is 5.41 Å². The summed E-state index contributed by atoms with van der Waals surface area (Å²) in [4.78, 5) is 16.5. The van der Waals surface area contributed by atoms with Gasteiger partial charge in [-0.2, -0.15) is 0 Å². The zero-order valence-corrected chi connectivity index (χ0v) is 14.3. The molecule has 0 saturated heterocycles. The van der Waals surface area contributed by atoms with Crippen molar-refractivity contribution in [3.63, 3.8) is 0 Å². The van der Waals surface area contributed by atoms with Gasteiger partial charge in [0, 0.05) is 22.6 Å². The molecule has 0 fully saturated rings. The van der Waals surface area contributed by atoms with Gasteiger partial charge in [-0.25, -0.2) is 0 Å². The van der Waals surface area contributed by atoms with Crippen LogP contribution >= 0.6 is 15.9 Å². The molecule has 4 heteroatoms. The molecule has 2 aromatic rings. The molecular formula is C17H19BrN2O. The van der Waals surface area contributed by atoms with Crippen LogP contribution in [0, 0.1) is 6.92 Å². The van der Waals surface area contributed by atoms with Crippen LogP contribution in [0.2, 0.25) is 0 Å². The van der Waals surface area contributed by atoms with Crippen LogP contribution in [0.5, 0.6) is 0 Å². The number of nitrogens with zero attached hydrogens (tertiary/aromatic N) is 1. The summed E-state index contributed by atoms with van der Waals surface area (Å²) in [7, 11) is 0. The van der Waals surface area contributed by atoms with Crippen molar-refractivity contribution in [2.45, 2.75) is 33.1 Å². The molecule has 1 amide bonds. The molecule has 0 radical (unpaired) electrons. The molecule has 2 rings (SSSR count). The maximum atomic E-state index is 12.3. The summed E-state index contributed by atoms with van der Waals surface area (Å²) in [6.45, 7) is 8.31. The highest BCUT2D eigenvalue weighted by Gasteiger charge is 2.16. The summed E-state index contributed by atoms with van der Waals surface area (Å²) in [6.07, 6.45) is 3.40. The third kappa shape index (κ3) is 3.91. The molecule has 0 aliphatic rings. The number of hydrogen-bond donors (Lipinski definition) is 1. The van der Waals surface area contributed by atoms with Crippen molar-refractivity contribution in [3.8, 4) is 0 Å². The maximum Gasteiger partial charge on any atom is 0.257 e. The van der Waals surface area contributed by atoms with E-state index in [1.807, 2.05) is 31.2 Å². The minimum absolute atomic E-state index is 0.0316. The molecule has 110 valence electrons. The van der Waals surface area contributed by atoms with E-state index in [9.17, 15) is 4.79 Å². The van der Waals surface area contributed by atoms with E-state index in [-0.39, 0.29) is 11.3 Å². The second-order valence-corrected chi connectivity index (χ2v) is 6.98. The van der Waals surface area contributed by atoms with E-state index in [1.54, 1.807) is 12.4 Å². The Morgan fingerprint density at radius 2 is 1.90 bits per heavy atom. The Bertz CT molecular complexity index is 675. The molecule has 0 aliphatic heterocycles. The minimum Gasteiger partial charge on any atom is -0.322 e. The predicted molar refractivity (Wildman–Crippen MR) is 89.8 cm³/mol. The van der Waals surface area contributed by atoms with Gasteiger partial charge in [-0.05, 0) is 41.7 Å². The molecule has 1 aromatic heterocycles. The van der Waals surface area contributed by atoms with Crippen LogP contribution in [0.1, 0.15) is 42.3 Å². The summed E-state index contributed by atoms with van der Waals surface area (Å²) in [5.74, 6) is -0.149. The summed E-state index contributed by atoms with van der Waals surface area (Å²) in [5, 5.41) is 2.90. The van der Waals surface area contributed by atoms with Crippen molar-refractivity contribution in [1.29, 1.82) is 0 Å². The average Bonchev–Trinajstić information content (AvgIpc) is 2.42. The largest absolute Gasteiger partial charge is 0.322 e. The summed E-state index contributed by atoms with van der Waals surface area (Å²) in [6, 6.07) is 7.64. The van der Waals surface area contributed by atoms with Crippen LogP contribution in [-0.4, -0.2) is 10.9 Å². The van der Waals surface area contributed by atoms with Crippen molar-refractivity contribution < 1.29 is 4.79 Å². The third-order valence-electron chi connectivity index (χ3n) is 3.30. The van der Waals surface area contributed by atoms with E-state index in [4.69, 9.17) is 0 Å². The number of benzene rings is 1. The monoisotopic (exact) mass is 346 g/mol. The zero-order chi connectivity index (χ0) is 15.6. The lowest BCUT2D eigenvalue weighted by Crippen LogP contribution is -2.16. The van der Waals surface area contributed by atoms with Gasteiger partial charge in [0.1, 0.15) is 0 Å². The van der Waals surface area contributed by atoms with Gasteiger partial charge >= 0.3 is 0 Å². The van der Waals surface area contributed by atoms with Gasteiger partial charge in [0.2, 0.25) is 0 Å². The first-order chi connectivity index (χ1) is 9.77. The quantitative estimate of drug-likeness (QED) is 0.855. The van der Waals surface area contributed by atoms with Crippen LogP contribution < -0.4 is 5.32 Å². The van der Waals surface area contributed by atoms with E-state index in [0.717, 1.165) is 21.3 Å². The van der Waals surface area contributed by atoms with Gasteiger partial charge in [0.25, 0.3) is 5.91 Å². The Morgan fingerprint density at radius 1 is 1.19 bits per heavy atom. The highest BCUT2D eigenvalue weighted by Crippen LogP contribution is 2.23. The smallest absolute Gasteiger partial charge is 0.257 e. The van der Waals surface area contributed by atoms with Crippen molar-refractivity contribution in [1.82, 2.24) is 4.98 Å². The number of amides is 1. The number of pyridine rings is 1. The van der Waals surface area contributed by atoms with Gasteiger partial charge < -0.3 is 5.32 Å². The van der Waals surface area contributed by atoms with Crippen LogP contribution in [0.4, 0.5) is 5.69 Å². The molecule has 1 aromatic carbocycles. The number of aromatic nitrogens is 1. The van der Waals surface area contributed by atoms with Gasteiger partial charge in [-0.3, -0.25) is 9.78 Å². The Balaban J connectivity index is 2.22. The first kappa shape index (κ1) is 15.7. The topological polar surface area (TPSA) is 42.0 Å². The molecule has 3 nitrogen and oxygen atoms in total. The number of anilines is 1. The van der Waals surface area contributed by atoms with Crippen LogP contribution in [0.3, 0.4) is 0 Å². The Labute approximate surface area is 133 Å². The van der Waals surface area contributed by atoms with E-state index >= 15 is 0 Å². The van der Waals surface area contributed by atoms with Crippen LogP contribution in [0.25, 0.3) is 0 Å². The van der Waals surface area contributed by atoms with Crippen molar-refractivity contribution >= 4 is 27.5 Å². The molecular weight excluding hydrogens is 328 g/mol. The fourth-order valence-electron chi connectivity index (χ4n) is 1.85. The highest BCUT2D eigenvalue weighted by atomic mass is 79.9. The molecule has 1 heterocycles. The number of carbonyl (C=O) groups excluding carboxylic acids is 1. The number of hydrogen-bond acceptors (Lipinski definition) is 2. The molecule has 0 aliphatic carbocycles. The number of aryl methyl sites for hydroxylation is 1. The molecule has 1 N–H and O–H groups in total. The van der Waals surface area contributed by atoms with E-state index in [1.165, 1.54) is 0 Å². The number of carbonyl (C=O) groups is 1. The number of nitrogens with one attached hydrogen (secondary N) is 1. The van der Waals surface area contributed by atoms with E-state index in [0.29, 0.717) is 5.56 Å². The number of halogens is 1. The summed E-state index contributed by atoms with van der Waals surface area (Å²) in [5.41, 5.74) is 3.47. The fourth-order valence-corrected chi connectivity index (χ4v) is 2.23. The normalized spacial score (nSPS) is 11.3. The van der Waals surface area contributed by atoms with E-state index in [2.05, 4.69) is 47.0 Å². The Kier molecular flexibility index (Phi) is 4.47. The standard InChI is InChI=1S/C17H19BrN2O/c1-11-5-6-14(8-15(11)18)20-16(21)12-7-13(10-19-9-12)17(2,3)4/h5-10H,1-4H3,(H,20,21). The Hall–Kier alpha value is -1.68. The Morgan fingerprint density at radius 3 is 2.52 bits per heavy atom. The van der Waals surface area contributed by atoms with Crippen LogP contribution in [0.15, 0.2) is 41.1 Å². The SMILES string of the molecule is Cc1ccc(NC(=O)c2cncc(C(C)(C)C)c2)cc1Br. The number of rotatable bonds is 2. The van der Waals surface area contributed by atoms with Crippen molar-refractivity contribution in [2.24, 2.45) is 0 Å². The maximum absolute atomic E-state index is 12.3. The van der Waals surface area contributed by atoms with Gasteiger partial charge in [0.15, 0.2) is 0 Å². The molecule has 21 heavy (non-hydrogen) atoms. The average molecular weight is 347 g/mol. The molecule has 0 saturated carbocycles. The van der Waals surface area contributed by atoms with Crippen molar-refractivity contribution in [3.05, 3.63) is 57.8 Å². The molecule has 0 spiro atoms. The first-order valence-electron chi connectivity index (χ1n) is 6.80. The van der Waals surface area contributed by atoms with Gasteiger partial charge in [-0.1, -0.05) is 42.8 Å². The lowest BCUT2D eigenvalue weighted by Gasteiger charge is -2.19. The summed E-state index contributed by atoms with van der Waals surface area (Å²) < 4.78 is 0.974. The molecule has 0 unspecified atom stereocenters. The zero-order valence-electron chi connectivity index (χ0n) is 12.7. The second kappa shape index (κ2) is 5.98. The first-order valence-corrected chi connectivity index (χ1v) is 7.60. The second-order valence-electron chi connectivity index (χ2n) is 6.13.